The first kappa shape index (κ1) is 20.0. The van der Waals surface area contributed by atoms with Crippen LogP contribution >= 0.6 is 12.2 Å². The van der Waals surface area contributed by atoms with Crippen molar-refractivity contribution in [3.05, 3.63) is 23.3 Å². The highest BCUT2D eigenvalue weighted by Crippen LogP contribution is 2.40. The standard InChI is InChI=1S/C20H33N3OS/c1-15(2)21-19(25)23-13-11-22(12-14-23)18(24)9-8-17-16(3)7-6-10-20(17,4)5/h8-9,15H,6-7,10-14H2,1-5H3,(H,21,25). The Hall–Kier alpha value is -1.36. The molecule has 0 aromatic carbocycles. The van der Waals surface area contributed by atoms with Gasteiger partial charge in [0, 0.05) is 38.3 Å². The number of thiocarbonyl (C=S) groups is 1. The molecule has 0 radical (unpaired) electrons. The minimum Gasteiger partial charge on any atom is -0.360 e. The van der Waals surface area contributed by atoms with Gasteiger partial charge in [0.15, 0.2) is 5.11 Å². The Morgan fingerprint density at radius 1 is 1.20 bits per heavy atom. The summed E-state index contributed by atoms with van der Waals surface area (Å²) in [4.78, 5) is 16.6. The van der Waals surface area contributed by atoms with Gasteiger partial charge < -0.3 is 15.1 Å². The molecule has 1 heterocycles. The van der Waals surface area contributed by atoms with Gasteiger partial charge in [-0.25, -0.2) is 0 Å². The molecule has 0 aromatic heterocycles. The molecule has 0 saturated carbocycles. The van der Waals surface area contributed by atoms with Crippen LogP contribution in [0.2, 0.25) is 0 Å². The maximum atomic E-state index is 12.6. The van der Waals surface area contributed by atoms with Crippen molar-refractivity contribution in [1.29, 1.82) is 0 Å². The predicted octanol–water partition coefficient (Wildman–Crippen LogP) is 3.50. The van der Waals surface area contributed by atoms with Crippen molar-refractivity contribution in [3.63, 3.8) is 0 Å². The molecule has 2 rings (SSSR count). The molecule has 0 unspecified atom stereocenters. The van der Waals surface area contributed by atoms with E-state index in [2.05, 4.69) is 50.9 Å². The fraction of sp³-hybridized carbons (Fsp3) is 0.700. The van der Waals surface area contributed by atoms with Gasteiger partial charge in [0.05, 0.1) is 0 Å². The number of nitrogens with zero attached hydrogens (tertiary/aromatic N) is 2. The molecule has 5 heteroatoms. The average molecular weight is 364 g/mol. The molecule has 0 spiro atoms. The maximum Gasteiger partial charge on any atom is 0.246 e. The first-order valence-corrected chi connectivity index (χ1v) is 9.84. The quantitative estimate of drug-likeness (QED) is 0.615. The molecule has 1 aliphatic carbocycles. The lowest BCUT2D eigenvalue weighted by molar-refractivity contribution is -0.127. The van der Waals surface area contributed by atoms with Crippen LogP contribution in [0.5, 0.6) is 0 Å². The van der Waals surface area contributed by atoms with Gasteiger partial charge in [-0.3, -0.25) is 4.79 Å². The second kappa shape index (κ2) is 8.35. The smallest absolute Gasteiger partial charge is 0.246 e. The maximum absolute atomic E-state index is 12.6. The van der Waals surface area contributed by atoms with Gasteiger partial charge in [0.1, 0.15) is 0 Å². The molecule has 0 atom stereocenters. The number of piperazine rings is 1. The van der Waals surface area contributed by atoms with Crippen LogP contribution in [-0.4, -0.2) is 53.0 Å². The molecule has 1 aliphatic heterocycles. The minimum absolute atomic E-state index is 0.115. The van der Waals surface area contributed by atoms with Crippen molar-refractivity contribution in [3.8, 4) is 0 Å². The van der Waals surface area contributed by atoms with Gasteiger partial charge >= 0.3 is 0 Å². The number of rotatable bonds is 3. The molecule has 25 heavy (non-hydrogen) atoms. The number of nitrogens with one attached hydrogen (secondary N) is 1. The molecule has 140 valence electrons. The summed E-state index contributed by atoms with van der Waals surface area (Å²) in [6.07, 6.45) is 7.42. The highest BCUT2D eigenvalue weighted by Gasteiger charge is 2.27. The summed E-state index contributed by atoms with van der Waals surface area (Å²) in [6.45, 7) is 14.0. The van der Waals surface area contributed by atoms with Crippen LogP contribution in [0.15, 0.2) is 23.3 Å². The number of carbonyl (C=O) groups excluding carboxylic acids is 1. The van der Waals surface area contributed by atoms with Gasteiger partial charge in [-0.2, -0.15) is 0 Å². The van der Waals surface area contributed by atoms with E-state index in [9.17, 15) is 4.79 Å². The van der Waals surface area contributed by atoms with Crippen molar-refractivity contribution in [2.24, 2.45) is 5.41 Å². The van der Waals surface area contributed by atoms with E-state index in [4.69, 9.17) is 12.2 Å². The minimum atomic E-state index is 0.115. The lowest BCUT2D eigenvalue weighted by Gasteiger charge is -2.36. The van der Waals surface area contributed by atoms with Gasteiger partial charge in [-0.1, -0.05) is 25.5 Å². The van der Waals surface area contributed by atoms with Crippen LogP contribution in [-0.2, 0) is 4.79 Å². The SMILES string of the molecule is CC1=C(C=CC(=O)N2CCN(C(=S)NC(C)C)CC2)C(C)(C)CCC1. The third kappa shape index (κ3) is 5.30. The summed E-state index contributed by atoms with van der Waals surface area (Å²) in [7, 11) is 0. The van der Waals surface area contributed by atoms with Crippen LogP contribution in [0.25, 0.3) is 0 Å². The molecule has 0 bridgehead atoms. The number of hydrogen-bond donors (Lipinski definition) is 1. The molecule has 4 nitrogen and oxygen atoms in total. The van der Waals surface area contributed by atoms with Crippen molar-refractivity contribution >= 4 is 23.2 Å². The number of amides is 1. The summed E-state index contributed by atoms with van der Waals surface area (Å²) >= 11 is 5.42. The lowest BCUT2D eigenvalue weighted by Crippen LogP contribution is -2.53. The third-order valence-electron chi connectivity index (χ3n) is 5.23. The van der Waals surface area contributed by atoms with Crippen LogP contribution in [0.3, 0.4) is 0 Å². The Kier molecular flexibility index (Phi) is 6.66. The molecule has 1 fully saturated rings. The van der Waals surface area contributed by atoms with Crippen molar-refractivity contribution in [2.45, 2.75) is 59.9 Å². The number of hydrogen-bond acceptors (Lipinski definition) is 2. The second-order valence-corrected chi connectivity index (χ2v) is 8.57. The summed E-state index contributed by atoms with van der Waals surface area (Å²) in [6, 6.07) is 0.338. The summed E-state index contributed by atoms with van der Waals surface area (Å²) in [5.41, 5.74) is 2.94. The molecular formula is C20H33N3OS. The predicted molar refractivity (Wildman–Crippen MR) is 108 cm³/mol. The number of carbonyl (C=O) groups is 1. The third-order valence-corrected chi connectivity index (χ3v) is 5.60. The van der Waals surface area contributed by atoms with Crippen LogP contribution in [0.4, 0.5) is 0 Å². The van der Waals surface area contributed by atoms with Crippen molar-refractivity contribution in [2.75, 3.05) is 26.2 Å². The van der Waals surface area contributed by atoms with E-state index < -0.39 is 0 Å². The molecule has 1 saturated heterocycles. The molecule has 1 N–H and O–H groups in total. The van der Waals surface area contributed by atoms with Gasteiger partial charge in [-0.15, -0.1) is 0 Å². The van der Waals surface area contributed by atoms with Crippen LogP contribution in [0, 0.1) is 5.41 Å². The monoisotopic (exact) mass is 363 g/mol. The molecular weight excluding hydrogens is 330 g/mol. The summed E-state index contributed by atoms with van der Waals surface area (Å²) in [5.74, 6) is 0.115. The van der Waals surface area contributed by atoms with E-state index >= 15 is 0 Å². The number of allylic oxidation sites excluding steroid dienone is 3. The zero-order valence-corrected chi connectivity index (χ0v) is 17.2. The molecule has 0 aromatic rings. The van der Waals surface area contributed by atoms with E-state index in [0.717, 1.165) is 37.7 Å². The normalized spacial score (nSPS) is 21.2. The zero-order chi connectivity index (χ0) is 18.6. The van der Waals surface area contributed by atoms with E-state index in [0.29, 0.717) is 6.04 Å². The fourth-order valence-electron chi connectivity index (χ4n) is 3.74. The highest BCUT2D eigenvalue weighted by atomic mass is 32.1. The van der Waals surface area contributed by atoms with Gasteiger partial charge in [0.25, 0.3) is 0 Å². The van der Waals surface area contributed by atoms with Gasteiger partial charge in [-0.05, 0) is 63.2 Å². The summed E-state index contributed by atoms with van der Waals surface area (Å²) in [5, 5.41) is 4.07. The van der Waals surface area contributed by atoms with Crippen molar-refractivity contribution in [1.82, 2.24) is 15.1 Å². The van der Waals surface area contributed by atoms with E-state index in [1.165, 1.54) is 24.0 Å². The van der Waals surface area contributed by atoms with Crippen molar-refractivity contribution < 1.29 is 4.79 Å². The van der Waals surface area contributed by atoms with E-state index in [1.807, 2.05) is 4.90 Å². The first-order valence-electron chi connectivity index (χ1n) is 9.43. The van der Waals surface area contributed by atoms with Gasteiger partial charge in [0.2, 0.25) is 5.91 Å². The molecule has 2 aliphatic rings. The largest absolute Gasteiger partial charge is 0.360 e. The Bertz CT molecular complexity index is 569. The average Bonchev–Trinajstić information content (AvgIpc) is 2.53. The zero-order valence-electron chi connectivity index (χ0n) is 16.4. The summed E-state index contributed by atoms with van der Waals surface area (Å²) < 4.78 is 0. The lowest BCUT2D eigenvalue weighted by atomic mass is 9.72. The van der Waals surface area contributed by atoms with Crippen LogP contribution in [0.1, 0.15) is 53.9 Å². The Balaban J connectivity index is 1.92. The topological polar surface area (TPSA) is 35.6 Å². The van der Waals surface area contributed by atoms with Crippen LogP contribution < -0.4 is 5.32 Å². The first-order chi connectivity index (χ1) is 11.7. The van der Waals surface area contributed by atoms with E-state index in [1.54, 1.807) is 6.08 Å². The highest BCUT2D eigenvalue weighted by molar-refractivity contribution is 7.80. The molecule has 1 amide bonds. The Morgan fingerprint density at radius 2 is 1.80 bits per heavy atom. The fourth-order valence-corrected chi connectivity index (χ4v) is 4.16. The second-order valence-electron chi connectivity index (χ2n) is 8.18. The Labute approximate surface area is 158 Å². The Morgan fingerprint density at radius 3 is 2.36 bits per heavy atom. The van der Waals surface area contributed by atoms with E-state index in [-0.39, 0.29) is 11.3 Å².